The smallest absolute Gasteiger partial charge is 0.201 e. The van der Waals surface area contributed by atoms with Gasteiger partial charge < -0.3 is 13.9 Å². The first-order chi connectivity index (χ1) is 18.1. The van der Waals surface area contributed by atoms with E-state index in [9.17, 15) is 9.59 Å². The highest BCUT2D eigenvalue weighted by Gasteiger charge is 2.34. The first-order valence-electron chi connectivity index (χ1n) is 11.8. The largest absolute Gasteiger partial charge is 0.496 e. The molecule has 0 bridgehead atoms. The highest BCUT2D eigenvalue weighted by molar-refractivity contribution is 6.25. The first-order valence-corrected chi connectivity index (χ1v) is 11.8. The molecule has 5 heteroatoms. The van der Waals surface area contributed by atoms with Crippen molar-refractivity contribution in [3.8, 4) is 34.1 Å². The number of methoxy groups -OCH3 is 2. The Morgan fingerprint density at radius 3 is 1.24 bits per heavy atom. The van der Waals surface area contributed by atoms with E-state index in [-0.39, 0.29) is 22.7 Å². The quantitative estimate of drug-likeness (QED) is 0.218. The molecule has 1 aromatic heterocycles. The molecule has 0 saturated carbocycles. The Balaban J connectivity index is 1.86. The molecule has 0 fully saturated rings. The molecule has 37 heavy (non-hydrogen) atoms. The van der Waals surface area contributed by atoms with E-state index in [0.717, 1.165) is 0 Å². The molecule has 0 aliphatic heterocycles. The van der Waals surface area contributed by atoms with Crippen molar-refractivity contribution in [2.24, 2.45) is 0 Å². The van der Waals surface area contributed by atoms with Gasteiger partial charge in [-0.2, -0.15) is 0 Å². The number of rotatable bonds is 8. The summed E-state index contributed by atoms with van der Waals surface area (Å²) < 4.78 is 17.4. The molecule has 0 radical (unpaired) electrons. The van der Waals surface area contributed by atoms with Crippen molar-refractivity contribution < 1.29 is 23.5 Å². The number of hydrogen-bond acceptors (Lipinski definition) is 5. The maximum absolute atomic E-state index is 14.3. The number of ether oxygens (including phenoxy) is 2. The van der Waals surface area contributed by atoms with Gasteiger partial charge in [0.1, 0.15) is 23.0 Å². The van der Waals surface area contributed by atoms with Crippen molar-refractivity contribution in [2.75, 3.05) is 14.2 Å². The highest BCUT2D eigenvalue weighted by Crippen LogP contribution is 2.41. The Bertz CT molecular complexity index is 1450. The number of carbonyl (C=O) groups is 2. The van der Waals surface area contributed by atoms with Gasteiger partial charge in [0, 0.05) is 11.1 Å². The van der Waals surface area contributed by atoms with Crippen molar-refractivity contribution in [1.29, 1.82) is 0 Å². The van der Waals surface area contributed by atoms with Crippen LogP contribution in [0, 0.1) is 0 Å². The van der Waals surface area contributed by atoms with E-state index >= 15 is 0 Å². The molecule has 4 aromatic carbocycles. The summed E-state index contributed by atoms with van der Waals surface area (Å²) in [6, 6.07) is 32.5. The maximum Gasteiger partial charge on any atom is 0.201 e. The molecule has 5 nitrogen and oxygen atoms in total. The molecule has 0 unspecified atom stereocenters. The predicted molar refractivity (Wildman–Crippen MR) is 142 cm³/mol. The third-order valence-corrected chi connectivity index (χ3v) is 6.14. The van der Waals surface area contributed by atoms with Gasteiger partial charge in [-0.25, -0.2) is 0 Å². The Morgan fingerprint density at radius 2 is 0.865 bits per heavy atom. The summed E-state index contributed by atoms with van der Waals surface area (Å²) in [4.78, 5) is 28.5. The average molecular weight is 489 g/mol. The molecule has 0 aliphatic rings. The van der Waals surface area contributed by atoms with Crippen LogP contribution in [0.1, 0.15) is 31.8 Å². The number of para-hydroxylation sites is 2. The van der Waals surface area contributed by atoms with Gasteiger partial charge >= 0.3 is 0 Å². The molecular weight excluding hydrogens is 464 g/mol. The van der Waals surface area contributed by atoms with Crippen molar-refractivity contribution >= 4 is 11.6 Å². The molecular formula is C32H24O5. The molecule has 5 aromatic rings. The predicted octanol–water partition coefficient (Wildman–Crippen LogP) is 7.09. The van der Waals surface area contributed by atoms with Gasteiger partial charge in [0.25, 0.3) is 0 Å². The second kappa shape index (κ2) is 10.4. The number of benzene rings is 4. The summed E-state index contributed by atoms with van der Waals surface area (Å²) in [5.74, 6) is 0.692. The van der Waals surface area contributed by atoms with Crippen LogP contribution in [0.2, 0.25) is 0 Å². The van der Waals surface area contributed by atoms with Gasteiger partial charge in [0.15, 0.2) is 0 Å². The van der Waals surface area contributed by atoms with Gasteiger partial charge in [-0.15, -0.1) is 0 Å². The van der Waals surface area contributed by atoms with Crippen LogP contribution in [0.3, 0.4) is 0 Å². The van der Waals surface area contributed by atoms with Crippen LogP contribution in [0.4, 0.5) is 0 Å². The van der Waals surface area contributed by atoms with E-state index < -0.39 is 0 Å². The van der Waals surface area contributed by atoms with Crippen molar-refractivity contribution in [1.82, 2.24) is 0 Å². The summed E-state index contributed by atoms with van der Waals surface area (Å²) in [6.07, 6.45) is 0. The molecule has 5 rings (SSSR count). The second-order valence-corrected chi connectivity index (χ2v) is 8.30. The number of furan rings is 1. The summed E-state index contributed by atoms with van der Waals surface area (Å²) in [7, 11) is 3.02. The van der Waals surface area contributed by atoms with E-state index in [1.54, 1.807) is 48.5 Å². The Kier molecular flexibility index (Phi) is 6.68. The van der Waals surface area contributed by atoms with Crippen LogP contribution in [0.15, 0.2) is 114 Å². The lowest BCUT2D eigenvalue weighted by atomic mass is 9.90. The van der Waals surface area contributed by atoms with Crippen molar-refractivity contribution in [3.63, 3.8) is 0 Å². The number of ketones is 2. The number of hydrogen-bond donors (Lipinski definition) is 0. The Morgan fingerprint density at radius 1 is 0.514 bits per heavy atom. The lowest BCUT2D eigenvalue weighted by Gasteiger charge is -2.11. The highest BCUT2D eigenvalue weighted by atomic mass is 16.5. The van der Waals surface area contributed by atoms with Crippen molar-refractivity contribution in [2.45, 2.75) is 0 Å². The summed E-state index contributed by atoms with van der Waals surface area (Å²) in [5, 5.41) is 0. The van der Waals surface area contributed by atoms with Crippen molar-refractivity contribution in [3.05, 3.63) is 131 Å². The van der Waals surface area contributed by atoms with Crippen LogP contribution >= 0.6 is 0 Å². The molecule has 1 heterocycles. The third kappa shape index (κ3) is 4.43. The standard InChI is InChI=1S/C32H24O5/c1-35-25-19-11-9-17-23(25)29(33)27-28(30(34)24-18-10-12-20-26(24)36-2)32(22-15-7-4-8-16-22)37-31(27)21-13-5-3-6-14-21/h3-20H,1-2H3. The van der Waals surface area contributed by atoms with Gasteiger partial charge in [-0.3, -0.25) is 9.59 Å². The zero-order chi connectivity index (χ0) is 25.8. The van der Waals surface area contributed by atoms with Crippen LogP contribution in [0.25, 0.3) is 22.6 Å². The van der Waals surface area contributed by atoms with E-state index in [0.29, 0.717) is 45.3 Å². The molecule has 0 amide bonds. The van der Waals surface area contributed by atoms with Gasteiger partial charge in [-0.05, 0) is 24.3 Å². The van der Waals surface area contributed by atoms with Crippen LogP contribution in [-0.2, 0) is 0 Å². The fourth-order valence-corrected chi connectivity index (χ4v) is 4.38. The van der Waals surface area contributed by atoms with Gasteiger partial charge in [0.2, 0.25) is 11.6 Å². The lowest BCUT2D eigenvalue weighted by molar-refractivity contribution is 0.100. The van der Waals surface area contributed by atoms with E-state index in [2.05, 4.69) is 0 Å². The van der Waals surface area contributed by atoms with Crippen LogP contribution in [0.5, 0.6) is 11.5 Å². The average Bonchev–Trinajstić information content (AvgIpc) is 3.38. The fraction of sp³-hybridized carbons (Fsp3) is 0.0625. The zero-order valence-corrected chi connectivity index (χ0v) is 20.4. The summed E-state index contributed by atoms with van der Waals surface area (Å²) >= 11 is 0. The van der Waals surface area contributed by atoms with E-state index in [1.165, 1.54) is 14.2 Å². The molecule has 0 atom stereocenters. The second-order valence-electron chi connectivity index (χ2n) is 8.30. The van der Waals surface area contributed by atoms with Gasteiger partial charge in [-0.1, -0.05) is 84.9 Å². The first kappa shape index (κ1) is 23.8. The minimum atomic E-state index is -0.375. The maximum atomic E-state index is 14.3. The minimum Gasteiger partial charge on any atom is -0.496 e. The molecule has 0 aliphatic carbocycles. The zero-order valence-electron chi connectivity index (χ0n) is 20.4. The molecule has 0 N–H and O–H groups in total. The SMILES string of the molecule is COc1ccccc1C(=O)c1c(-c2ccccc2)oc(-c2ccccc2)c1C(=O)c1ccccc1OC. The fourth-order valence-electron chi connectivity index (χ4n) is 4.38. The Hall–Kier alpha value is -4.90. The topological polar surface area (TPSA) is 65.7 Å². The lowest BCUT2D eigenvalue weighted by Crippen LogP contribution is -2.12. The van der Waals surface area contributed by atoms with E-state index in [4.69, 9.17) is 13.9 Å². The van der Waals surface area contributed by atoms with Crippen LogP contribution in [-0.4, -0.2) is 25.8 Å². The Labute approximate surface area is 214 Å². The van der Waals surface area contributed by atoms with E-state index in [1.807, 2.05) is 60.7 Å². The number of carbonyl (C=O) groups excluding carboxylic acids is 2. The summed E-state index contributed by atoms with van der Waals surface area (Å²) in [6.45, 7) is 0. The molecule has 0 spiro atoms. The molecule has 0 saturated heterocycles. The minimum absolute atomic E-state index is 0.172. The van der Waals surface area contributed by atoms with Gasteiger partial charge in [0.05, 0.1) is 36.5 Å². The molecule has 182 valence electrons. The summed E-state index contributed by atoms with van der Waals surface area (Å²) in [5.41, 5.74) is 2.36. The normalized spacial score (nSPS) is 10.6. The van der Waals surface area contributed by atoms with Crippen LogP contribution < -0.4 is 9.47 Å². The third-order valence-electron chi connectivity index (χ3n) is 6.14. The monoisotopic (exact) mass is 488 g/mol.